The lowest BCUT2D eigenvalue weighted by Crippen LogP contribution is -2.28. The second-order valence-electron chi connectivity index (χ2n) is 4.15. The van der Waals surface area contributed by atoms with Crippen molar-refractivity contribution in [3.8, 4) is 0 Å². The van der Waals surface area contributed by atoms with Gasteiger partial charge in [-0.2, -0.15) is 0 Å². The highest BCUT2D eigenvalue weighted by Gasteiger charge is 2.24. The van der Waals surface area contributed by atoms with Gasteiger partial charge in [0.05, 0.1) is 0 Å². The minimum Gasteiger partial charge on any atom is -0.326 e. The van der Waals surface area contributed by atoms with Crippen molar-refractivity contribution in [2.75, 3.05) is 20.1 Å². The van der Waals surface area contributed by atoms with E-state index in [0.29, 0.717) is 13.1 Å². The number of hydrogen-bond donors (Lipinski definition) is 1. The van der Waals surface area contributed by atoms with Crippen molar-refractivity contribution >= 4 is 6.03 Å². The smallest absolute Gasteiger partial charge is 0.320 e. The molecule has 0 aliphatic carbocycles. The first-order valence-electron chi connectivity index (χ1n) is 5.48. The fourth-order valence-corrected chi connectivity index (χ4v) is 1.85. The molecule has 1 heterocycles. The Labute approximate surface area is 95.6 Å². The van der Waals surface area contributed by atoms with E-state index in [0.717, 1.165) is 24.2 Å². The molecule has 1 fully saturated rings. The summed E-state index contributed by atoms with van der Waals surface area (Å²) in [5, 5.41) is 0. The lowest BCUT2D eigenvalue weighted by atomic mass is 10.1. The Morgan fingerprint density at radius 2 is 1.81 bits per heavy atom. The van der Waals surface area contributed by atoms with E-state index in [9.17, 15) is 4.79 Å². The summed E-state index contributed by atoms with van der Waals surface area (Å²) in [7, 11) is 1.83. The first kappa shape index (κ1) is 11.0. The molecule has 86 valence electrons. The third kappa shape index (κ3) is 2.17. The average molecular weight is 219 g/mol. The molecule has 0 radical (unpaired) electrons. The predicted octanol–water partition coefficient (Wildman–Crippen LogP) is 1.01. The van der Waals surface area contributed by atoms with Crippen molar-refractivity contribution in [2.45, 2.75) is 13.1 Å². The van der Waals surface area contributed by atoms with Crippen LogP contribution in [0.1, 0.15) is 11.1 Å². The summed E-state index contributed by atoms with van der Waals surface area (Å²) in [6.45, 7) is 2.88. The van der Waals surface area contributed by atoms with Gasteiger partial charge in [-0.05, 0) is 11.1 Å². The molecule has 0 saturated carbocycles. The summed E-state index contributed by atoms with van der Waals surface area (Å²) in [6.07, 6.45) is 0. The molecule has 1 aromatic carbocycles. The fourth-order valence-electron chi connectivity index (χ4n) is 1.85. The predicted molar refractivity (Wildman–Crippen MR) is 62.8 cm³/mol. The van der Waals surface area contributed by atoms with Gasteiger partial charge >= 0.3 is 6.03 Å². The van der Waals surface area contributed by atoms with E-state index >= 15 is 0 Å². The Balaban J connectivity index is 2.01. The van der Waals surface area contributed by atoms with Crippen LogP contribution in [0.25, 0.3) is 0 Å². The normalized spacial score (nSPS) is 16.0. The highest BCUT2D eigenvalue weighted by atomic mass is 16.2. The van der Waals surface area contributed by atoms with E-state index in [1.54, 1.807) is 4.90 Å². The minimum atomic E-state index is 0.114. The van der Waals surface area contributed by atoms with E-state index < -0.39 is 0 Å². The molecular formula is C12H17N3O. The zero-order valence-electron chi connectivity index (χ0n) is 9.52. The Kier molecular flexibility index (Phi) is 3.10. The number of nitrogens with two attached hydrogens (primary N) is 1. The molecule has 0 atom stereocenters. The molecule has 2 amide bonds. The molecule has 4 nitrogen and oxygen atoms in total. The molecule has 1 aliphatic rings. The van der Waals surface area contributed by atoms with Crippen molar-refractivity contribution in [3.05, 3.63) is 35.4 Å². The molecule has 1 saturated heterocycles. The fraction of sp³-hybridized carbons (Fsp3) is 0.417. The van der Waals surface area contributed by atoms with Crippen LogP contribution in [0.5, 0.6) is 0 Å². The zero-order valence-corrected chi connectivity index (χ0v) is 9.52. The number of carbonyl (C=O) groups excluding carboxylic acids is 1. The summed E-state index contributed by atoms with van der Waals surface area (Å²) in [5.74, 6) is 0. The van der Waals surface area contributed by atoms with E-state index in [4.69, 9.17) is 5.73 Å². The highest BCUT2D eigenvalue weighted by molar-refractivity contribution is 5.76. The van der Waals surface area contributed by atoms with E-state index in [-0.39, 0.29) is 6.03 Å². The molecule has 0 spiro atoms. The van der Waals surface area contributed by atoms with Crippen LogP contribution in [0, 0.1) is 0 Å². The highest BCUT2D eigenvalue weighted by Crippen LogP contribution is 2.12. The summed E-state index contributed by atoms with van der Waals surface area (Å²) >= 11 is 0. The van der Waals surface area contributed by atoms with Crippen molar-refractivity contribution < 1.29 is 4.79 Å². The number of urea groups is 1. The largest absolute Gasteiger partial charge is 0.326 e. The molecule has 0 bridgehead atoms. The molecule has 1 aromatic rings. The van der Waals surface area contributed by atoms with Gasteiger partial charge in [0.15, 0.2) is 0 Å². The number of nitrogens with zero attached hydrogens (tertiary/aromatic N) is 2. The van der Waals surface area contributed by atoms with Gasteiger partial charge in [0.25, 0.3) is 0 Å². The van der Waals surface area contributed by atoms with Crippen molar-refractivity contribution in [3.63, 3.8) is 0 Å². The van der Waals surface area contributed by atoms with Gasteiger partial charge in [-0.1, -0.05) is 24.3 Å². The first-order chi connectivity index (χ1) is 7.70. The van der Waals surface area contributed by atoms with Crippen LogP contribution in [0.2, 0.25) is 0 Å². The Morgan fingerprint density at radius 3 is 2.31 bits per heavy atom. The number of likely N-dealkylation sites (N-methyl/N-ethyl adjacent to an activating group) is 1. The van der Waals surface area contributed by atoms with Crippen LogP contribution in [0.3, 0.4) is 0 Å². The molecule has 4 heteroatoms. The number of amides is 2. The lowest BCUT2D eigenvalue weighted by Gasteiger charge is -2.16. The maximum atomic E-state index is 11.7. The van der Waals surface area contributed by atoms with Crippen LogP contribution in [0.15, 0.2) is 24.3 Å². The summed E-state index contributed by atoms with van der Waals surface area (Å²) < 4.78 is 0. The number of hydrogen-bond acceptors (Lipinski definition) is 2. The topological polar surface area (TPSA) is 49.6 Å². The van der Waals surface area contributed by atoms with Gasteiger partial charge in [-0.15, -0.1) is 0 Å². The quantitative estimate of drug-likeness (QED) is 0.825. The summed E-state index contributed by atoms with van der Waals surface area (Å²) in [6, 6.07) is 8.21. The standard InChI is InChI=1S/C12H17N3O/c1-14-6-7-15(12(14)16)9-11-4-2-10(8-13)3-5-11/h2-5H,6-9,13H2,1H3. The van der Waals surface area contributed by atoms with E-state index in [1.807, 2.05) is 36.2 Å². The number of rotatable bonds is 3. The monoisotopic (exact) mass is 219 g/mol. The molecule has 1 aliphatic heterocycles. The van der Waals surface area contributed by atoms with Gasteiger partial charge in [0.2, 0.25) is 0 Å². The van der Waals surface area contributed by atoms with Gasteiger partial charge in [0, 0.05) is 33.2 Å². The van der Waals surface area contributed by atoms with E-state index in [1.165, 1.54) is 0 Å². The van der Waals surface area contributed by atoms with Crippen LogP contribution >= 0.6 is 0 Å². The zero-order chi connectivity index (χ0) is 11.5. The maximum Gasteiger partial charge on any atom is 0.320 e. The third-order valence-electron chi connectivity index (χ3n) is 2.93. The first-order valence-corrected chi connectivity index (χ1v) is 5.48. The van der Waals surface area contributed by atoms with Gasteiger partial charge in [-0.3, -0.25) is 0 Å². The SMILES string of the molecule is CN1CCN(Cc2ccc(CN)cc2)C1=O. The second-order valence-corrected chi connectivity index (χ2v) is 4.15. The molecule has 2 rings (SSSR count). The van der Waals surface area contributed by atoms with Gasteiger partial charge in [-0.25, -0.2) is 4.79 Å². The maximum absolute atomic E-state index is 11.7. The minimum absolute atomic E-state index is 0.114. The van der Waals surface area contributed by atoms with Crippen LogP contribution in [-0.4, -0.2) is 36.0 Å². The van der Waals surface area contributed by atoms with Gasteiger partial charge in [0.1, 0.15) is 0 Å². The summed E-state index contributed by atoms with van der Waals surface area (Å²) in [4.78, 5) is 15.3. The molecule has 0 aromatic heterocycles. The average Bonchev–Trinajstić information content (AvgIpc) is 2.62. The molecule has 0 unspecified atom stereocenters. The second kappa shape index (κ2) is 4.53. The van der Waals surface area contributed by atoms with Crippen LogP contribution in [0.4, 0.5) is 4.79 Å². The number of carbonyl (C=O) groups is 1. The Morgan fingerprint density at radius 1 is 1.19 bits per heavy atom. The molecule has 2 N–H and O–H groups in total. The lowest BCUT2D eigenvalue weighted by molar-refractivity contribution is 0.197. The number of benzene rings is 1. The Bertz CT molecular complexity index is 374. The summed E-state index contributed by atoms with van der Waals surface area (Å²) in [5.41, 5.74) is 7.81. The van der Waals surface area contributed by atoms with Gasteiger partial charge < -0.3 is 15.5 Å². The molecular weight excluding hydrogens is 202 g/mol. The Hall–Kier alpha value is -1.55. The molecule has 16 heavy (non-hydrogen) atoms. The van der Waals surface area contributed by atoms with E-state index in [2.05, 4.69) is 0 Å². The van der Waals surface area contributed by atoms with Crippen molar-refractivity contribution in [2.24, 2.45) is 5.73 Å². The van der Waals surface area contributed by atoms with Crippen molar-refractivity contribution in [1.82, 2.24) is 9.80 Å². The van der Waals surface area contributed by atoms with Crippen molar-refractivity contribution in [1.29, 1.82) is 0 Å². The third-order valence-corrected chi connectivity index (χ3v) is 2.93. The van der Waals surface area contributed by atoms with Crippen LogP contribution < -0.4 is 5.73 Å². The van der Waals surface area contributed by atoms with Crippen LogP contribution in [-0.2, 0) is 13.1 Å².